The predicted molar refractivity (Wildman–Crippen MR) is 71.1 cm³/mol. The van der Waals surface area contributed by atoms with Crippen LogP contribution in [0.5, 0.6) is 0 Å². The average Bonchev–Trinajstić information content (AvgIpc) is 2.75. The Morgan fingerprint density at radius 2 is 2.21 bits per heavy atom. The largest absolute Gasteiger partial charge is 0.465 e. The zero-order valence-electron chi connectivity index (χ0n) is 11.0. The number of hydrogen-bond acceptors (Lipinski definition) is 6. The van der Waals surface area contributed by atoms with Gasteiger partial charge in [-0.05, 0) is 26.0 Å². The lowest BCUT2D eigenvalue weighted by atomic mass is 10.2. The van der Waals surface area contributed by atoms with Crippen molar-refractivity contribution in [3.05, 3.63) is 41.0 Å². The van der Waals surface area contributed by atoms with Gasteiger partial charge in [-0.1, -0.05) is 11.8 Å². The molecule has 100 valence electrons. The molecule has 2 rings (SSSR count). The normalized spacial score (nSPS) is 10.5. The molecule has 6 heteroatoms. The van der Waals surface area contributed by atoms with Crippen molar-refractivity contribution in [3.63, 3.8) is 0 Å². The molecule has 2 aromatic heterocycles. The van der Waals surface area contributed by atoms with E-state index in [1.165, 1.54) is 25.1 Å². The summed E-state index contributed by atoms with van der Waals surface area (Å²) in [7, 11) is 1.35. The standard InChI is InChI=1S/C13H14N2O3S/c1-8-9(2)18-13(15-8)19-7-11-5-4-10(6-14-11)12(16)17-3/h4-6H,7H2,1-3H3. The number of ether oxygens (including phenoxy) is 1. The van der Waals surface area contributed by atoms with Gasteiger partial charge in [0.15, 0.2) is 0 Å². The number of oxazole rings is 1. The maximum Gasteiger partial charge on any atom is 0.339 e. The third-order valence-electron chi connectivity index (χ3n) is 2.60. The number of hydrogen-bond donors (Lipinski definition) is 0. The van der Waals surface area contributed by atoms with Gasteiger partial charge in [0.05, 0.1) is 24.1 Å². The van der Waals surface area contributed by atoms with E-state index >= 15 is 0 Å². The summed E-state index contributed by atoms with van der Waals surface area (Å²) >= 11 is 1.47. The molecule has 0 unspecified atom stereocenters. The van der Waals surface area contributed by atoms with Crippen LogP contribution < -0.4 is 0 Å². The molecule has 0 spiro atoms. The predicted octanol–water partition coefficient (Wildman–Crippen LogP) is 2.77. The van der Waals surface area contributed by atoms with Crippen molar-refractivity contribution < 1.29 is 13.9 Å². The van der Waals surface area contributed by atoms with E-state index in [-0.39, 0.29) is 5.97 Å². The summed E-state index contributed by atoms with van der Waals surface area (Å²) in [6, 6.07) is 3.49. The van der Waals surface area contributed by atoms with Gasteiger partial charge in [0.25, 0.3) is 5.22 Å². The Morgan fingerprint density at radius 3 is 2.74 bits per heavy atom. The highest BCUT2D eigenvalue weighted by Gasteiger charge is 2.08. The molecule has 2 heterocycles. The molecule has 0 radical (unpaired) electrons. The summed E-state index contributed by atoms with van der Waals surface area (Å²) in [5.74, 6) is 1.09. The number of esters is 1. The lowest BCUT2D eigenvalue weighted by Gasteiger charge is -2.00. The van der Waals surface area contributed by atoms with Crippen LogP contribution in [0.25, 0.3) is 0 Å². The van der Waals surface area contributed by atoms with Crippen molar-refractivity contribution in [2.75, 3.05) is 7.11 Å². The summed E-state index contributed by atoms with van der Waals surface area (Å²) in [5, 5.41) is 0.633. The van der Waals surface area contributed by atoms with Gasteiger partial charge in [-0.3, -0.25) is 4.98 Å². The molecule has 0 aliphatic heterocycles. The number of thioether (sulfide) groups is 1. The van der Waals surface area contributed by atoms with Crippen LogP contribution in [0.3, 0.4) is 0 Å². The molecule has 0 aliphatic carbocycles. The number of methoxy groups -OCH3 is 1. The Hall–Kier alpha value is -1.82. The highest BCUT2D eigenvalue weighted by atomic mass is 32.2. The molecular formula is C13H14N2O3S. The lowest BCUT2D eigenvalue weighted by Crippen LogP contribution is -2.02. The zero-order chi connectivity index (χ0) is 13.8. The number of pyridine rings is 1. The second-order valence-electron chi connectivity index (χ2n) is 3.94. The van der Waals surface area contributed by atoms with Gasteiger partial charge in [-0.2, -0.15) is 0 Å². The second-order valence-corrected chi connectivity index (χ2v) is 4.87. The van der Waals surface area contributed by atoms with E-state index in [9.17, 15) is 4.79 Å². The molecule has 0 amide bonds. The first kappa shape index (κ1) is 13.6. The molecule has 5 nitrogen and oxygen atoms in total. The molecule has 0 saturated carbocycles. The molecule has 19 heavy (non-hydrogen) atoms. The Bertz CT molecular complexity index is 559. The fourth-order valence-electron chi connectivity index (χ4n) is 1.39. The topological polar surface area (TPSA) is 65.2 Å². The van der Waals surface area contributed by atoms with E-state index < -0.39 is 0 Å². The first-order valence-electron chi connectivity index (χ1n) is 5.70. The average molecular weight is 278 g/mol. The number of rotatable bonds is 4. The molecule has 0 aromatic carbocycles. The maximum atomic E-state index is 11.3. The fourth-order valence-corrected chi connectivity index (χ4v) is 2.22. The van der Waals surface area contributed by atoms with Crippen LogP contribution in [0.15, 0.2) is 28.0 Å². The minimum atomic E-state index is -0.384. The third kappa shape index (κ3) is 3.35. The monoisotopic (exact) mass is 278 g/mol. The van der Waals surface area contributed by atoms with E-state index in [4.69, 9.17) is 4.42 Å². The van der Waals surface area contributed by atoms with E-state index in [2.05, 4.69) is 14.7 Å². The zero-order valence-corrected chi connectivity index (χ0v) is 11.8. The fraction of sp³-hybridized carbons (Fsp3) is 0.308. The van der Waals surface area contributed by atoms with Crippen LogP contribution >= 0.6 is 11.8 Å². The smallest absolute Gasteiger partial charge is 0.339 e. The molecule has 0 N–H and O–H groups in total. The summed E-state index contributed by atoms with van der Waals surface area (Å²) in [4.78, 5) is 19.7. The van der Waals surface area contributed by atoms with Crippen LogP contribution in [0.1, 0.15) is 27.5 Å². The Labute approximate surface area is 115 Å². The van der Waals surface area contributed by atoms with Crippen LogP contribution in [0.2, 0.25) is 0 Å². The van der Waals surface area contributed by atoms with Crippen molar-refractivity contribution in [1.82, 2.24) is 9.97 Å². The Kier molecular flexibility index (Phi) is 4.21. The van der Waals surface area contributed by atoms with E-state index in [0.717, 1.165) is 17.1 Å². The number of aryl methyl sites for hydroxylation is 2. The number of aromatic nitrogens is 2. The summed E-state index contributed by atoms with van der Waals surface area (Å²) in [5.41, 5.74) is 2.20. The Balaban J connectivity index is 1.98. The van der Waals surface area contributed by atoms with Crippen molar-refractivity contribution in [1.29, 1.82) is 0 Å². The van der Waals surface area contributed by atoms with Gasteiger partial charge in [0, 0.05) is 11.9 Å². The maximum absolute atomic E-state index is 11.3. The molecule has 0 saturated heterocycles. The van der Waals surface area contributed by atoms with Crippen LogP contribution in [0.4, 0.5) is 0 Å². The summed E-state index contributed by atoms with van der Waals surface area (Å²) in [6.45, 7) is 3.79. The van der Waals surface area contributed by atoms with Gasteiger partial charge in [0.2, 0.25) is 0 Å². The number of carbonyl (C=O) groups is 1. The third-order valence-corrected chi connectivity index (χ3v) is 3.46. The molecular weight excluding hydrogens is 264 g/mol. The molecule has 0 aliphatic rings. The van der Waals surface area contributed by atoms with E-state index in [1.54, 1.807) is 12.1 Å². The molecule has 0 fully saturated rings. The minimum absolute atomic E-state index is 0.384. The SMILES string of the molecule is COC(=O)c1ccc(CSc2nc(C)c(C)o2)nc1. The quantitative estimate of drug-likeness (QED) is 0.633. The molecule has 2 aromatic rings. The van der Waals surface area contributed by atoms with Gasteiger partial charge in [-0.25, -0.2) is 9.78 Å². The molecule has 0 atom stereocenters. The van der Waals surface area contributed by atoms with Crippen LogP contribution in [-0.4, -0.2) is 23.0 Å². The van der Waals surface area contributed by atoms with Crippen molar-refractivity contribution >= 4 is 17.7 Å². The Morgan fingerprint density at radius 1 is 1.42 bits per heavy atom. The van der Waals surface area contributed by atoms with Gasteiger partial charge < -0.3 is 9.15 Å². The van der Waals surface area contributed by atoms with Crippen molar-refractivity contribution in [2.45, 2.75) is 24.8 Å². The minimum Gasteiger partial charge on any atom is -0.465 e. The van der Waals surface area contributed by atoms with Gasteiger partial charge in [0.1, 0.15) is 5.76 Å². The van der Waals surface area contributed by atoms with Crippen LogP contribution in [0, 0.1) is 13.8 Å². The van der Waals surface area contributed by atoms with Crippen molar-refractivity contribution in [3.8, 4) is 0 Å². The van der Waals surface area contributed by atoms with E-state index in [0.29, 0.717) is 16.5 Å². The lowest BCUT2D eigenvalue weighted by molar-refractivity contribution is 0.0600. The molecule has 0 bridgehead atoms. The van der Waals surface area contributed by atoms with Gasteiger partial charge >= 0.3 is 5.97 Å². The van der Waals surface area contributed by atoms with Crippen molar-refractivity contribution in [2.24, 2.45) is 0 Å². The highest BCUT2D eigenvalue weighted by Crippen LogP contribution is 2.23. The summed E-state index contributed by atoms with van der Waals surface area (Å²) < 4.78 is 10.1. The number of nitrogens with zero attached hydrogens (tertiary/aromatic N) is 2. The van der Waals surface area contributed by atoms with E-state index in [1.807, 2.05) is 13.8 Å². The first-order valence-corrected chi connectivity index (χ1v) is 6.69. The summed E-state index contributed by atoms with van der Waals surface area (Å²) in [6.07, 6.45) is 1.51. The number of carbonyl (C=O) groups excluding carboxylic acids is 1. The first-order chi connectivity index (χ1) is 9.10. The second kappa shape index (κ2) is 5.88. The highest BCUT2D eigenvalue weighted by molar-refractivity contribution is 7.98. The van der Waals surface area contributed by atoms with Gasteiger partial charge in [-0.15, -0.1) is 0 Å². The van der Waals surface area contributed by atoms with Crippen LogP contribution in [-0.2, 0) is 10.5 Å².